The first-order chi connectivity index (χ1) is 15.3. The number of nitrogens with one attached hydrogen (secondary N) is 1. The molecule has 2 aromatic carbocycles. The lowest BCUT2D eigenvalue weighted by Gasteiger charge is -2.07. The summed E-state index contributed by atoms with van der Waals surface area (Å²) < 4.78 is 44.6. The van der Waals surface area contributed by atoms with Gasteiger partial charge in [0.25, 0.3) is 0 Å². The van der Waals surface area contributed by atoms with Gasteiger partial charge in [0.1, 0.15) is 11.3 Å². The molecule has 0 unspecified atom stereocenters. The van der Waals surface area contributed by atoms with Crippen LogP contribution in [0.4, 0.5) is 19.1 Å². The lowest BCUT2D eigenvalue weighted by atomic mass is 10.1. The molecule has 0 spiro atoms. The summed E-state index contributed by atoms with van der Waals surface area (Å²) in [6.45, 7) is 0.0679. The third-order valence-electron chi connectivity index (χ3n) is 4.92. The van der Waals surface area contributed by atoms with Crippen molar-refractivity contribution >= 4 is 28.4 Å². The zero-order valence-corrected chi connectivity index (χ0v) is 17.0. The Morgan fingerprint density at radius 1 is 1.16 bits per heavy atom. The number of ether oxygens (including phenoxy) is 1. The molecule has 3 N–H and O–H groups in total. The van der Waals surface area contributed by atoms with E-state index in [2.05, 4.69) is 20.4 Å². The summed E-state index contributed by atoms with van der Waals surface area (Å²) in [6.07, 6.45) is -3.96. The molecule has 0 radical (unpaired) electrons. The molecule has 0 aliphatic rings. The van der Waals surface area contributed by atoms with E-state index in [1.54, 1.807) is 12.1 Å². The fourth-order valence-electron chi connectivity index (χ4n) is 3.29. The quantitative estimate of drug-likeness (QED) is 0.473. The van der Waals surface area contributed by atoms with E-state index in [4.69, 9.17) is 10.5 Å². The molecule has 2 aromatic heterocycles. The van der Waals surface area contributed by atoms with E-state index < -0.39 is 11.7 Å². The second-order valence-electron chi connectivity index (χ2n) is 7.06. The highest BCUT2D eigenvalue weighted by Gasteiger charge is 2.29. The number of nitrogen functional groups attached to an aromatic ring is 1. The highest BCUT2D eigenvalue weighted by molar-refractivity contribution is 5.95. The van der Waals surface area contributed by atoms with Crippen molar-refractivity contribution in [2.75, 3.05) is 12.8 Å². The van der Waals surface area contributed by atoms with Gasteiger partial charge in [-0.1, -0.05) is 18.2 Å². The molecule has 8 nitrogen and oxygen atoms in total. The number of methoxy groups -OCH3 is 1. The fourth-order valence-corrected chi connectivity index (χ4v) is 3.29. The van der Waals surface area contributed by atoms with Gasteiger partial charge in [-0.3, -0.25) is 4.79 Å². The van der Waals surface area contributed by atoms with Crippen LogP contribution in [0.5, 0.6) is 5.75 Å². The Kier molecular flexibility index (Phi) is 5.56. The number of fused-ring (bicyclic) bond motifs is 3. The molecule has 166 valence electrons. The summed E-state index contributed by atoms with van der Waals surface area (Å²) >= 11 is 0. The van der Waals surface area contributed by atoms with Crippen molar-refractivity contribution in [3.05, 3.63) is 59.4 Å². The van der Waals surface area contributed by atoms with Crippen LogP contribution in [0.15, 0.2) is 42.5 Å². The van der Waals surface area contributed by atoms with Crippen LogP contribution in [0, 0.1) is 0 Å². The number of carbonyl (C=O) groups excluding carboxylic acids is 1. The van der Waals surface area contributed by atoms with Gasteiger partial charge >= 0.3 is 6.18 Å². The van der Waals surface area contributed by atoms with Crippen molar-refractivity contribution in [3.63, 3.8) is 0 Å². The minimum atomic E-state index is -4.38. The third-order valence-corrected chi connectivity index (χ3v) is 4.92. The fraction of sp³-hybridized carbons (Fsp3) is 0.238. The van der Waals surface area contributed by atoms with Crippen LogP contribution in [0.1, 0.15) is 23.4 Å². The molecule has 0 saturated heterocycles. The zero-order chi connectivity index (χ0) is 22.9. The monoisotopic (exact) mass is 444 g/mol. The maximum atomic E-state index is 12.6. The van der Waals surface area contributed by atoms with E-state index in [0.717, 1.165) is 12.1 Å². The minimum absolute atomic E-state index is 0.0679. The van der Waals surface area contributed by atoms with Crippen molar-refractivity contribution in [2.45, 2.75) is 25.6 Å². The number of hydrogen-bond acceptors (Lipinski definition) is 6. The molecule has 1 amide bonds. The Morgan fingerprint density at radius 3 is 2.59 bits per heavy atom. The number of aryl methyl sites for hydroxylation is 1. The highest BCUT2D eigenvalue weighted by atomic mass is 19.4. The van der Waals surface area contributed by atoms with E-state index in [1.165, 1.54) is 23.8 Å². The van der Waals surface area contributed by atoms with E-state index in [-0.39, 0.29) is 24.8 Å². The Hall–Kier alpha value is -3.89. The molecular formula is C21H19F3N6O2. The Labute approximate surface area is 180 Å². The largest absolute Gasteiger partial charge is 0.494 e. The Balaban J connectivity index is 1.42. The standard InChI is InChI=1S/C21H19F3N6O2/c1-32-15-4-2-3-14-18(15)28-20(25)30-19(14)27-16(29-30)11-26-17(31)10-7-12-5-8-13(9-6-12)21(22,23)24/h2-6,8-9H,7,10-11H2,1H3,(H2,25,28)(H,26,31). The first-order valence-corrected chi connectivity index (χ1v) is 9.67. The van der Waals surface area contributed by atoms with Gasteiger partial charge < -0.3 is 15.8 Å². The van der Waals surface area contributed by atoms with Crippen LogP contribution < -0.4 is 15.8 Å². The smallest absolute Gasteiger partial charge is 0.416 e. The molecular weight excluding hydrogens is 425 g/mol. The van der Waals surface area contributed by atoms with E-state index in [0.29, 0.717) is 40.1 Å². The molecule has 0 aliphatic carbocycles. The normalized spacial score (nSPS) is 11.8. The molecule has 0 bridgehead atoms. The number of hydrogen-bond donors (Lipinski definition) is 2. The number of nitrogens with zero attached hydrogens (tertiary/aromatic N) is 4. The van der Waals surface area contributed by atoms with Gasteiger partial charge in [0.15, 0.2) is 11.5 Å². The lowest BCUT2D eigenvalue weighted by Crippen LogP contribution is -2.23. The first kappa shape index (κ1) is 21.3. The molecule has 0 fully saturated rings. The lowest BCUT2D eigenvalue weighted by molar-refractivity contribution is -0.137. The summed E-state index contributed by atoms with van der Waals surface area (Å²) in [5.74, 6) is 0.750. The average Bonchev–Trinajstić information content (AvgIpc) is 3.21. The van der Waals surface area contributed by atoms with Crippen LogP contribution >= 0.6 is 0 Å². The Morgan fingerprint density at radius 2 is 1.91 bits per heavy atom. The van der Waals surface area contributed by atoms with Crippen LogP contribution in [0.3, 0.4) is 0 Å². The van der Waals surface area contributed by atoms with Gasteiger partial charge in [-0.2, -0.15) is 17.7 Å². The second kappa shape index (κ2) is 8.33. The maximum absolute atomic E-state index is 12.6. The number of nitrogens with two attached hydrogens (primary N) is 1. The summed E-state index contributed by atoms with van der Waals surface area (Å²) in [5, 5.41) is 7.71. The molecule has 0 aliphatic heterocycles. The number of alkyl halides is 3. The molecule has 0 saturated carbocycles. The third kappa shape index (κ3) is 4.27. The van der Waals surface area contributed by atoms with Crippen molar-refractivity contribution in [1.82, 2.24) is 24.9 Å². The van der Waals surface area contributed by atoms with Gasteiger partial charge in [-0.05, 0) is 36.2 Å². The van der Waals surface area contributed by atoms with E-state index in [1.807, 2.05) is 6.07 Å². The van der Waals surface area contributed by atoms with Gasteiger partial charge in [-0.15, -0.1) is 5.10 Å². The molecule has 0 atom stereocenters. The summed E-state index contributed by atoms with van der Waals surface area (Å²) in [6, 6.07) is 10.1. The Bertz CT molecular complexity index is 1280. The topological polar surface area (TPSA) is 107 Å². The number of rotatable bonds is 6. The predicted molar refractivity (Wildman–Crippen MR) is 111 cm³/mol. The van der Waals surface area contributed by atoms with Crippen molar-refractivity contribution in [1.29, 1.82) is 0 Å². The SMILES string of the molecule is COc1cccc2c1nc(N)n1nc(CNC(=O)CCc3ccc(C(F)(F)F)cc3)nc21. The van der Waals surface area contributed by atoms with E-state index in [9.17, 15) is 18.0 Å². The number of benzene rings is 2. The molecule has 11 heteroatoms. The molecule has 32 heavy (non-hydrogen) atoms. The number of para-hydroxylation sites is 1. The minimum Gasteiger partial charge on any atom is -0.494 e. The predicted octanol–water partition coefficient (Wildman–Crippen LogP) is 3.14. The van der Waals surface area contributed by atoms with Crippen LogP contribution in [0.25, 0.3) is 16.6 Å². The van der Waals surface area contributed by atoms with Crippen molar-refractivity contribution < 1.29 is 22.7 Å². The summed E-state index contributed by atoms with van der Waals surface area (Å²) in [5.41, 5.74) is 6.96. The number of amides is 1. The van der Waals surface area contributed by atoms with Gasteiger partial charge in [0.2, 0.25) is 11.9 Å². The molecule has 4 aromatic rings. The molecule has 2 heterocycles. The van der Waals surface area contributed by atoms with Gasteiger partial charge in [-0.25, -0.2) is 9.97 Å². The second-order valence-corrected chi connectivity index (χ2v) is 7.06. The number of halogens is 3. The van der Waals surface area contributed by atoms with Crippen LogP contribution in [0.2, 0.25) is 0 Å². The molecule has 4 rings (SSSR count). The van der Waals surface area contributed by atoms with Crippen LogP contribution in [-0.4, -0.2) is 32.6 Å². The zero-order valence-electron chi connectivity index (χ0n) is 17.0. The highest BCUT2D eigenvalue weighted by Crippen LogP contribution is 2.29. The van der Waals surface area contributed by atoms with Gasteiger partial charge in [0.05, 0.1) is 19.2 Å². The summed E-state index contributed by atoms with van der Waals surface area (Å²) in [4.78, 5) is 21.0. The number of carbonyl (C=O) groups is 1. The first-order valence-electron chi connectivity index (χ1n) is 9.67. The van der Waals surface area contributed by atoms with E-state index >= 15 is 0 Å². The number of anilines is 1. The summed E-state index contributed by atoms with van der Waals surface area (Å²) in [7, 11) is 1.53. The van der Waals surface area contributed by atoms with Crippen molar-refractivity contribution in [2.24, 2.45) is 0 Å². The van der Waals surface area contributed by atoms with Gasteiger partial charge in [0, 0.05) is 11.8 Å². The van der Waals surface area contributed by atoms with Crippen LogP contribution in [-0.2, 0) is 23.9 Å². The maximum Gasteiger partial charge on any atom is 0.416 e. The average molecular weight is 444 g/mol. The van der Waals surface area contributed by atoms with Crippen molar-refractivity contribution in [3.8, 4) is 5.75 Å². The number of aromatic nitrogens is 4.